The molecule has 0 amide bonds. The van der Waals surface area contributed by atoms with Gasteiger partial charge < -0.3 is 0 Å². The van der Waals surface area contributed by atoms with Gasteiger partial charge in [-0.05, 0) is 18.1 Å². The van der Waals surface area contributed by atoms with Gasteiger partial charge in [0.1, 0.15) is 0 Å². The van der Waals surface area contributed by atoms with Crippen LogP contribution in [0, 0.1) is 0 Å². The third kappa shape index (κ3) is 4.41. The fourth-order valence-corrected chi connectivity index (χ4v) is 1.14. The van der Waals surface area contributed by atoms with Gasteiger partial charge in [0.25, 0.3) is 0 Å². The first-order chi connectivity index (χ1) is 5.70. The van der Waals surface area contributed by atoms with Crippen molar-refractivity contribution in [3.05, 3.63) is 34.9 Å². The Kier molecular flexibility index (Phi) is 5.95. The average molecular weight is 228 g/mol. The zero-order valence-electron chi connectivity index (χ0n) is 6.71. The quantitative estimate of drug-likeness (QED) is 0.717. The molecule has 1 aromatic rings. The molecule has 13 heavy (non-hydrogen) atoms. The van der Waals surface area contributed by atoms with Gasteiger partial charge in [0.05, 0.1) is 6.54 Å². The van der Waals surface area contributed by atoms with Gasteiger partial charge in [0.2, 0.25) is 0 Å². The van der Waals surface area contributed by atoms with Crippen molar-refractivity contribution in [3.63, 3.8) is 0 Å². The van der Waals surface area contributed by atoms with Crippen molar-refractivity contribution in [1.29, 1.82) is 0 Å². The standard InChI is InChI=1S/C8H8ClF2N.ClH/c9-8-4-2-1-3-7(8)5-6-12(10)11;/h1-4H,5-6H2;1H. The van der Waals surface area contributed by atoms with Crippen molar-refractivity contribution < 1.29 is 8.96 Å². The van der Waals surface area contributed by atoms with Gasteiger partial charge in [-0.15, -0.1) is 21.4 Å². The SMILES string of the molecule is Cl.FN(F)CCc1ccccc1Cl. The molecular weight excluding hydrogens is 219 g/mol. The molecule has 0 aromatic heterocycles. The third-order valence-corrected chi connectivity index (χ3v) is 1.88. The highest BCUT2D eigenvalue weighted by molar-refractivity contribution is 6.31. The van der Waals surface area contributed by atoms with Gasteiger partial charge in [-0.3, -0.25) is 0 Å². The van der Waals surface area contributed by atoms with E-state index in [1.54, 1.807) is 24.3 Å². The van der Waals surface area contributed by atoms with Gasteiger partial charge >= 0.3 is 0 Å². The number of rotatable bonds is 3. The van der Waals surface area contributed by atoms with Crippen LogP contribution in [0.15, 0.2) is 24.3 Å². The Bertz CT molecular complexity index is 256. The maximum absolute atomic E-state index is 11.6. The van der Waals surface area contributed by atoms with Crippen LogP contribution >= 0.6 is 24.0 Å². The second-order valence-electron chi connectivity index (χ2n) is 2.37. The lowest BCUT2D eigenvalue weighted by molar-refractivity contribution is -0.151. The number of hydrogen-bond donors (Lipinski definition) is 0. The Morgan fingerprint density at radius 3 is 2.38 bits per heavy atom. The third-order valence-electron chi connectivity index (χ3n) is 1.51. The molecule has 0 atom stereocenters. The van der Waals surface area contributed by atoms with Crippen LogP contribution in [0.25, 0.3) is 0 Å². The molecule has 0 aliphatic rings. The first kappa shape index (κ1) is 12.6. The summed E-state index contributed by atoms with van der Waals surface area (Å²) in [5.74, 6) is 0. The predicted molar refractivity (Wildman–Crippen MR) is 51.3 cm³/mol. The van der Waals surface area contributed by atoms with Gasteiger partial charge in [-0.1, -0.05) is 29.8 Å². The molecule has 0 spiro atoms. The topological polar surface area (TPSA) is 3.24 Å². The highest BCUT2D eigenvalue weighted by Gasteiger charge is 2.02. The van der Waals surface area contributed by atoms with Crippen LogP contribution in [-0.4, -0.2) is 11.9 Å². The molecule has 0 bridgehead atoms. The van der Waals surface area contributed by atoms with Crippen molar-refractivity contribution >= 4 is 24.0 Å². The Morgan fingerprint density at radius 1 is 1.23 bits per heavy atom. The molecular formula is C8H9Cl2F2N. The predicted octanol–water partition coefficient (Wildman–Crippen LogP) is 3.38. The van der Waals surface area contributed by atoms with E-state index in [-0.39, 0.29) is 25.4 Å². The number of halogens is 4. The minimum absolute atomic E-state index is 0. The average Bonchev–Trinajstić information content (AvgIpc) is 2.03. The molecule has 5 heteroatoms. The summed E-state index contributed by atoms with van der Waals surface area (Å²) in [5, 5.41) is -0.303. The summed E-state index contributed by atoms with van der Waals surface area (Å²) >= 11 is 5.74. The number of benzene rings is 1. The van der Waals surface area contributed by atoms with Gasteiger partial charge in [0.15, 0.2) is 0 Å². The normalized spacial score (nSPS) is 9.85. The van der Waals surface area contributed by atoms with E-state index in [1.807, 2.05) is 0 Å². The second kappa shape index (κ2) is 6.13. The molecule has 0 heterocycles. The summed E-state index contributed by atoms with van der Waals surface area (Å²) in [6, 6.07) is 6.99. The van der Waals surface area contributed by atoms with E-state index >= 15 is 0 Å². The van der Waals surface area contributed by atoms with Crippen LogP contribution in [0.3, 0.4) is 0 Å². The van der Waals surface area contributed by atoms with Crippen molar-refractivity contribution in [2.45, 2.75) is 6.42 Å². The summed E-state index contributed by atoms with van der Waals surface area (Å²) in [6.45, 7) is -0.288. The van der Waals surface area contributed by atoms with Crippen molar-refractivity contribution in [1.82, 2.24) is 5.34 Å². The van der Waals surface area contributed by atoms with Gasteiger partial charge in [0, 0.05) is 10.4 Å². The molecule has 74 valence electrons. The fraction of sp³-hybridized carbons (Fsp3) is 0.250. The molecule has 1 rings (SSSR count). The summed E-state index contributed by atoms with van der Waals surface area (Å²) < 4.78 is 23.3. The molecule has 0 aliphatic carbocycles. The maximum Gasteiger partial charge on any atom is 0.0660 e. The molecule has 0 N–H and O–H groups in total. The maximum atomic E-state index is 11.6. The van der Waals surface area contributed by atoms with E-state index in [2.05, 4.69) is 0 Å². The van der Waals surface area contributed by atoms with Gasteiger partial charge in [-0.25, -0.2) is 0 Å². The summed E-state index contributed by atoms with van der Waals surface area (Å²) in [6.07, 6.45) is 0.271. The summed E-state index contributed by atoms with van der Waals surface area (Å²) in [4.78, 5) is 0. The van der Waals surface area contributed by atoms with E-state index in [0.29, 0.717) is 5.02 Å². The van der Waals surface area contributed by atoms with E-state index in [9.17, 15) is 8.96 Å². The Morgan fingerprint density at radius 2 is 1.85 bits per heavy atom. The summed E-state index contributed by atoms with van der Waals surface area (Å²) in [5.41, 5.74) is 0.750. The largest absolute Gasteiger partial charge is 0.147 e. The first-order valence-corrected chi connectivity index (χ1v) is 3.90. The minimum atomic E-state index is -0.844. The lowest BCUT2D eigenvalue weighted by atomic mass is 10.1. The first-order valence-electron chi connectivity index (χ1n) is 3.52. The molecule has 0 saturated heterocycles. The van der Waals surface area contributed by atoms with E-state index in [0.717, 1.165) is 5.56 Å². The lowest BCUT2D eigenvalue weighted by Crippen LogP contribution is -2.06. The number of nitrogens with zero attached hydrogens (tertiary/aromatic N) is 1. The molecule has 0 radical (unpaired) electrons. The fourth-order valence-electron chi connectivity index (χ4n) is 0.906. The Labute approximate surface area is 86.6 Å². The Balaban J connectivity index is 0.00000144. The van der Waals surface area contributed by atoms with E-state index < -0.39 is 5.34 Å². The van der Waals surface area contributed by atoms with Crippen molar-refractivity contribution in [2.75, 3.05) is 6.54 Å². The molecule has 0 unspecified atom stereocenters. The van der Waals surface area contributed by atoms with Crippen LogP contribution in [0.4, 0.5) is 8.96 Å². The second-order valence-corrected chi connectivity index (χ2v) is 2.78. The smallest absolute Gasteiger partial charge is 0.0660 e. The van der Waals surface area contributed by atoms with E-state index in [1.165, 1.54) is 0 Å². The highest BCUT2D eigenvalue weighted by Crippen LogP contribution is 2.15. The highest BCUT2D eigenvalue weighted by atomic mass is 35.5. The van der Waals surface area contributed by atoms with Crippen molar-refractivity contribution in [3.8, 4) is 0 Å². The zero-order chi connectivity index (χ0) is 8.97. The minimum Gasteiger partial charge on any atom is -0.147 e. The van der Waals surface area contributed by atoms with Crippen LogP contribution in [-0.2, 0) is 6.42 Å². The molecule has 0 fully saturated rings. The zero-order valence-corrected chi connectivity index (χ0v) is 8.29. The van der Waals surface area contributed by atoms with Gasteiger partial charge in [-0.2, -0.15) is 0 Å². The molecule has 0 aliphatic heterocycles. The van der Waals surface area contributed by atoms with Crippen LogP contribution < -0.4 is 0 Å². The molecule has 1 nitrogen and oxygen atoms in total. The monoisotopic (exact) mass is 227 g/mol. The number of hydrogen-bond acceptors (Lipinski definition) is 1. The molecule has 0 saturated carbocycles. The molecule has 1 aromatic carbocycles. The summed E-state index contributed by atoms with van der Waals surface area (Å²) in [7, 11) is 0. The van der Waals surface area contributed by atoms with Crippen LogP contribution in [0.2, 0.25) is 5.02 Å². The lowest BCUT2D eigenvalue weighted by Gasteiger charge is -2.02. The van der Waals surface area contributed by atoms with E-state index in [4.69, 9.17) is 11.6 Å². The van der Waals surface area contributed by atoms with Crippen LogP contribution in [0.1, 0.15) is 5.56 Å². The van der Waals surface area contributed by atoms with Crippen molar-refractivity contribution in [2.24, 2.45) is 0 Å². The van der Waals surface area contributed by atoms with Crippen LogP contribution in [0.5, 0.6) is 0 Å². The Hall–Kier alpha value is -0.380.